The summed E-state index contributed by atoms with van der Waals surface area (Å²) in [4.78, 5) is 2.71. The van der Waals surface area contributed by atoms with Crippen LogP contribution in [0.25, 0.3) is 0 Å². The first kappa shape index (κ1) is 16.0. The molecule has 0 bridgehead atoms. The largest absolute Gasteiger partial charge is 0.330 e. The molecule has 0 aliphatic carbocycles. The number of hydrogen-bond donors (Lipinski definition) is 1. The van der Waals surface area contributed by atoms with Gasteiger partial charge in [-0.1, -0.05) is 39.0 Å². The van der Waals surface area contributed by atoms with Crippen molar-refractivity contribution in [2.24, 2.45) is 11.7 Å². The molecule has 1 fully saturated rings. The van der Waals surface area contributed by atoms with E-state index in [-0.39, 0.29) is 0 Å². The third-order valence-corrected chi connectivity index (χ3v) is 4.47. The van der Waals surface area contributed by atoms with E-state index < -0.39 is 0 Å². The van der Waals surface area contributed by atoms with Gasteiger partial charge < -0.3 is 10.6 Å². The highest BCUT2D eigenvalue weighted by molar-refractivity contribution is 4.77. The molecule has 2 heteroatoms. The predicted octanol–water partition coefficient (Wildman–Crippen LogP) is 3.80. The van der Waals surface area contributed by atoms with Gasteiger partial charge in [-0.25, -0.2) is 0 Å². The van der Waals surface area contributed by atoms with Crippen LogP contribution >= 0.6 is 0 Å². The quantitative estimate of drug-likeness (QED) is 0.634. The van der Waals surface area contributed by atoms with E-state index in [1.54, 1.807) is 0 Å². The van der Waals surface area contributed by atoms with Crippen molar-refractivity contribution in [3.63, 3.8) is 0 Å². The smallest absolute Gasteiger partial charge is 0.00670 e. The van der Waals surface area contributed by atoms with Crippen molar-refractivity contribution in [1.82, 2.24) is 4.90 Å². The maximum Gasteiger partial charge on any atom is 0.00670 e. The molecule has 0 aromatic carbocycles. The summed E-state index contributed by atoms with van der Waals surface area (Å²) in [7, 11) is 0. The zero-order valence-corrected chi connectivity index (χ0v) is 12.7. The molecule has 2 unspecified atom stereocenters. The number of unbranched alkanes of at least 4 members (excludes halogenated alkanes) is 4. The summed E-state index contributed by atoms with van der Waals surface area (Å²) in [5.41, 5.74) is 5.69. The van der Waals surface area contributed by atoms with Crippen molar-refractivity contribution in [3.05, 3.63) is 0 Å². The Morgan fingerprint density at radius 3 is 2.72 bits per heavy atom. The molecule has 108 valence electrons. The summed E-state index contributed by atoms with van der Waals surface area (Å²) in [6.45, 7) is 8.19. The topological polar surface area (TPSA) is 29.3 Å². The lowest BCUT2D eigenvalue weighted by atomic mass is 9.93. The van der Waals surface area contributed by atoms with Gasteiger partial charge in [0, 0.05) is 12.6 Å². The van der Waals surface area contributed by atoms with Gasteiger partial charge in [0.2, 0.25) is 0 Å². The molecule has 1 aliphatic rings. The van der Waals surface area contributed by atoms with Crippen molar-refractivity contribution >= 4 is 0 Å². The predicted molar refractivity (Wildman–Crippen MR) is 80.8 cm³/mol. The van der Waals surface area contributed by atoms with Gasteiger partial charge in [0.05, 0.1) is 0 Å². The average Bonchev–Trinajstić information content (AvgIpc) is 2.39. The highest BCUT2D eigenvalue weighted by Gasteiger charge is 2.22. The lowest BCUT2D eigenvalue weighted by molar-refractivity contribution is 0.121. The van der Waals surface area contributed by atoms with E-state index in [2.05, 4.69) is 18.7 Å². The average molecular weight is 254 g/mol. The monoisotopic (exact) mass is 254 g/mol. The van der Waals surface area contributed by atoms with Crippen molar-refractivity contribution in [1.29, 1.82) is 0 Å². The Morgan fingerprint density at radius 2 is 2.00 bits per heavy atom. The first-order chi connectivity index (χ1) is 8.77. The molecule has 0 amide bonds. The van der Waals surface area contributed by atoms with E-state index in [1.807, 2.05) is 0 Å². The molecule has 1 rings (SSSR count). The molecular formula is C16H34N2. The molecule has 0 spiro atoms. The van der Waals surface area contributed by atoms with E-state index in [0.717, 1.165) is 18.5 Å². The third kappa shape index (κ3) is 6.19. The Balaban J connectivity index is 2.13. The van der Waals surface area contributed by atoms with Crippen LogP contribution < -0.4 is 5.73 Å². The Labute approximate surface area is 114 Å². The van der Waals surface area contributed by atoms with Crippen LogP contribution in [-0.4, -0.2) is 30.6 Å². The van der Waals surface area contributed by atoms with E-state index in [1.165, 1.54) is 70.9 Å². The second-order valence-corrected chi connectivity index (χ2v) is 6.13. The van der Waals surface area contributed by atoms with E-state index >= 15 is 0 Å². The van der Waals surface area contributed by atoms with Crippen LogP contribution in [0, 0.1) is 5.92 Å². The van der Waals surface area contributed by atoms with Crippen LogP contribution in [0.15, 0.2) is 0 Å². The van der Waals surface area contributed by atoms with Gasteiger partial charge in [-0.15, -0.1) is 0 Å². The lowest BCUT2D eigenvalue weighted by Gasteiger charge is -2.37. The van der Waals surface area contributed by atoms with Gasteiger partial charge in [0.15, 0.2) is 0 Å². The normalized spacial score (nSPS) is 23.2. The molecule has 0 radical (unpaired) electrons. The molecule has 0 aromatic heterocycles. The molecular weight excluding hydrogens is 220 g/mol. The summed E-state index contributed by atoms with van der Waals surface area (Å²) in [5.74, 6) is 0.867. The number of rotatable bonds is 9. The Kier molecular flexibility index (Phi) is 8.70. The number of nitrogens with two attached hydrogens (primary N) is 1. The zero-order chi connectivity index (χ0) is 13.2. The van der Waals surface area contributed by atoms with Gasteiger partial charge >= 0.3 is 0 Å². The van der Waals surface area contributed by atoms with Gasteiger partial charge in [-0.05, 0) is 51.6 Å². The Bertz CT molecular complexity index is 192. The highest BCUT2D eigenvalue weighted by atomic mass is 15.2. The number of piperidine rings is 1. The summed E-state index contributed by atoms with van der Waals surface area (Å²) < 4.78 is 0. The van der Waals surface area contributed by atoms with Gasteiger partial charge in [-0.2, -0.15) is 0 Å². The number of likely N-dealkylation sites (tertiary alicyclic amines) is 1. The van der Waals surface area contributed by atoms with Gasteiger partial charge in [-0.3, -0.25) is 0 Å². The van der Waals surface area contributed by atoms with E-state index in [0.29, 0.717) is 0 Å². The molecule has 0 aromatic rings. The molecule has 2 nitrogen and oxygen atoms in total. The summed E-state index contributed by atoms with van der Waals surface area (Å²) in [6, 6.07) is 0.784. The first-order valence-corrected chi connectivity index (χ1v) is 8.22. The maximum absolute atomic E-state index is 5.69. The number of nitrogens with zero attached hydrogens (tertiary/aromatic N) is 1. The summed E-state index contributed by atoms with van der Waals surface area (Å²) in [6.07, 6.45) is 12.4. The molecule has 2 N–H and O–H groups in total. The van der Waals surface area contributed by atoms with Crippen LogP contribution in [0.2, 0.25) is 0 Å². The summed E-state index contributed by atoms with van der Waals surface area (Å²) in [5, 5.41) is 0. The van der Waals surface area contributed by atoms with Crippen molar-refractivity contribution in [2.45, 2.75) is 77.7 Å². The Morgan fingerprint density at radius 1 is 1.22 bits per heavy atom. The van der Waals surface area contributed by atoms with E-state index in [4.69, 9.17) is 5.73 Å². The Hall–Kier alpha value is -0.0800. The minimum Gasteiger partial charge on any atom is -0.330 e. The van der Waals surface area contributed by atoms with Crippen LogP contribution in [0.1, 0.15) is 71.6 Å². The summed E-state index contributed by atoms with van der Waals surface area (Å²) >= 11 is 0. The first-order valence-electron chi connectivity index (χ1n) is 8.22. The fourth-order valence-electron chi connectivity index (χ4n) is 3.19. The lowest BCUT2D eigenvalue weighted by Crippen LogP contribution is -2.41. The van der Waals surface area contributed by atoms with Crippen LogP contribution in [-0.2, 0) is 0 Å². The van der Waals surface area contributed by atoms with E-state index in [9.17, 15) is 0 Å². The SMILES string of the molecule is CCCCCCCC(C)N1CCCC(CCN)C1. The second-order valence-electron chi connectivity index (χ2n) is 6.13. The fourth-order valence-corrected chi connectivity index (χ4v) is 3.19. The molecule has 18 heavy (non-hydrogen) atoms. The van der Waals surface area contributed by atoms with Gasteiger partial charge in [0.25, 0.3) is 0 Å². The molecule has 2 atom stereocenters. The highest BCUT2D eigenvalue weighted by Crippen LogP contribution is 2.22. The van der Waals surface area contributed by atoms with Crippen LogP contribution in [0.4, 0.5) is 0 Å². The third-order valence-electron chi connectivity index (χ3n) is 4.47. The molecule has 1 aliphatic heterocycles. The van der Waals surface area contributed by atoms with Crippen LogP contribution in [0.3, 0.4) is 0 Å². The van der Waals surface area contributed by atoms with Crippen molar-refractivity contribution < 1.29 is 0 Å². The standard InChI is InChI=1S/C16H34N2/c1-3-4-5-6-7-9-15(2)18-13-8-10-16(14-18)11-12-17/h15-16H,3-14,17H2,1-2H3. The minimum atomic E-state index is 0.784. The molecule has 1 heterocycles. The minimum absolute atomic E-state index is 0.784. The van der Waals surface area contributed by atoms with Crippen molar-refractivity contribution in [2.75, 3.05) is 19.6 Å². The van der Waals surface area contributed by atoms with Crippen LogP contribution in [0.5, 0.6) is 0 Å². The van der Waals surface area contributed by atoms with Gasteiger partial charge in [0.1, 0.15) is 0 Å². The zero-order valence-electron chi connectivity index (χ0n) is 12.7. The second kappa shape index (κ2) is 9.80. The number of hydrogen-bond acceptors (Lipinski definition) is 2. The molecule has 1 saturated heterocycles. The van der Waals surface area contributed by atoms with Crippen molar-refractivity contribution in [3.8, 4) is 0 Å². The fraction of sp³-hybridized carbons (Fsp3) is 1.00. The maximum atomic E-state index is 5.69. The molecule has 0 saturated carbocycles.